The zero-order chi connectivity index (χ0) is 11.9. The number of rotatable bonds is 1. The molecule has 0 aliphatic carbocycles. The third-order valence-corrected chi connectivity index (χ3v) is 2.54. The number of aromatic hydroxyl groups is 1. The maximum atomic E-state index is 12.0. The maximum Gasteiger partial charge on any atom is 0.263 e. The number of benzene rings is 1. The standard InChI is InChI=1S/C10H10ClN3O2/c1-5(12)14-9(16)6-3-2-4-7(15)8(6)13-10(14)11/h2-5,15H,12H2,1H3. The van der Waals surface area contributed by atoms with E-state index in [9.17, 15) is 9.90 Å². The van der Waals surface area contributed by atoms with Gasteiger partial charge in [-0.05, 0) is 30.7 Å². The minimum absolute atomic E-state index is 0.0333. The first-order valence-corrected chi connectivity index (χ1v) is 5.05. The second-order valence-corrected chi connectivity index (χ2v) is 3.81. The van der Waals surface area contributed by atoms with Crippen molar-refractivity contribution in [2.75, 3.05) is 0 Å². The minimum Gasteiger partial charge on any atom is -0.506 e. The van der Waals surface area contributed by atoms with Gasteiger partial charge < -0.3 is 10.8 Å². The number of nitrogens with two attached hydrogens (primary N) is 1. The molecule has 0 aliphatic rings. The summed E-state index contributed by atoms with van der Waals surface area (Å²) in [5, 5.41) is 9.81. The number of hydrogen-bond acceptors (Lipinski definition) is 4. The van der Waals surface area contributed by atoms with Crippen LogP contribution in [-0.2, 0) is 0 Å². The number of hydrogen-bond donors (Lipinski definition) is 2. The lowest BCUT2D eigenvalue weighted by Crippen LogP contribution is -2.29. The largest absolute Gasteiger partial charge is 0.506 e. The first-order chi connectivity index (χ1) is 7.52. The van der Waals surface area contributed by atoms with Gasteiger partial charge in [0.25, 0.3) is 5.56 Å². The summed E-state index contributed by atoms with van der Waals surface area (Å²) in [7, 11) is 0. The van der Waals surface area contributed by atoms with Gasteiger partial charge in [0.2, 0.25) is 5.28 Å². The Kier molecular flexibility index (Phi) is 2.57. The van der Waals surface area contributed by atoms with Crippen molar-refractivity contribution in [3.8, 4) is 5.75 Å². The van der Waals surface area contributed by atoms with E-state index in [4.69, 9.17) is 17.3 Å². The van der Waals surface area contributed by atoms with Crippen LogP contribution in [0.15, 0.2) is 23.0 Å². The number of phenols is 1. The molecule has 1 atom stereocenters. The fraction of sp³-hybridized carbons (Fsp3) is 0.200. The van der Waals surface area contributed by atoms with Crippen molar-refractivity contribution in [3.63, 3.8) is 0 Å². The van der Waals surface area contributed by atoms with E-state index in [1.54, 1.807) is 19.1 Å². The molecule has 2 aromatic rings. The lowest BCUT2D eigenvalue weighted by molar-refractivity contribution is 0.479. The zero-order valence-corrected chi connectivity index (χ0v) is 9.27. The van der Waals surface area contributed by atoms with Crippen LogP contribution in [0, 0.1) is 0 Å². The molecule has 0 saturated heterocycles. The monoisotopic (exact) mass is 239 g/mol. The Morgan fingerprint density at radius 2 is 2.25 bits per heavy atom. The van der Waals surface area contributed by atoms with Gasteiger partial charge in [-0.25, -0.2) is 4.98 Å². The van der Waals surface area contributed by atoms with Gasteiger partial charge in [-0.1, -0.05) is 6.07 Å². The van der Waals surface area contributed by atoms with Crippen molar-refractivity contribution in [1.82, 2.24) is 9.55 Å². The topological polar surface area (TPSA) is 81.1 Å². The van der Waals surface area contributed by atoms with Crippen molar-refractivity contribution in [1.29, 1.82) is 0 Å². The molecule has 1 aromatic carbocycles. The lowest BCUT2D eigenvalue weighted by Gasteiger charge is -2.12. The van der Waals surface area contributed by atoms with Crippen LogP contribution in [0.1, 0.15) is 13.1 Å². The fourth-order valence-electron chi connectivity index (χ4n) is 1.53. The van der Waals surface area contributed by atoms with E-state index >= 15 is 0 Å². The average Bonchev–Trinajstić information content (AvgIpc) is 2.19. The highest BCUT2D eigenvalue weighted by atomic mass is 35.5. The molecule has 1 heterocycles. The number of para-hydroxylation sites is 1. The van der Waals surface area contributed by atoms with E-state index < -0.39 is 6.17 Å². The highest BCUT2D eigenvalue weighted by Crippen LogP contribution is 2.21. The molecule has 0 fully saturated rings. The molecule has 84 valence electrons. The molecule has 2 rings (SSSR count). The van der Waals surface area contributed by atoms with Crippen LogP contribution in [0.2, 0.25) is 5.28 Å². The van der Waals surface area contributed by atoms with Crippen LogP contribution >= 0.6 is 11.6 Å². The Balaban J connectivity index is 2.95. The van der Waals surface area contributed by atoms with Crippen molar-refractivity contribution < 1.29 is 5.11 Å². The molecule has 3 N–H and O–H groups in total. The van der Waals surface area contributed by atoms with Crippen molar-refractivity contribution in [2.24, 2.45) is 5.73 Å². The molecule has 0 spiro atoms. The molecule has 1 unspecified atom stereocenters. The van der Waals surface area contributed by atoms with Gasteiger partial charge in [0.05, 0.1) is 11.6 Å². The van der Waals surface area contributed by atoms with Crippen molar-refractivity contribution in [3.05, 3.63) is 33.8 Å². The van der Waals surface area contributed by atoms with E-state index in [2.05, 4.69) is 4.98 Å². The second kappa shape index (κ2) is 3.77. The summed E-state index contributed by atoms with van der Waals surface area (Å²) in [6.45, 7) is 1.63. The quantitative estimate of drug-likeness (QED) is 0.734. The summed E-state index contributed by atoms with van der Waals surface area (Å²) >= 11 is 5.84. The molecule has 6 heteroatoms. The van der Waals surface area contributed by atoms with Gasteiger partial charge in [0, 0.05) is 0 Å². The predicted molar refractivity (Wildman–Crippen MR) is 61.6 cm³/mol. The highest BCUT2D eigenvalue weighted by Gasteiger charge is 2.13. The Hall–Kier alpha value is -1.59. The molecule has 0 saturated carbocycles. The van der Waals surface area contributed by atoms with Crippen molar-refractivity contribution >= 4 is 22.5 Å². The number of nitrogens with zero attached hydrogens (tertiary/aromatic N) is 2. The van der Waals surface area contributed by atoms with Crippen LogP contribution in [0.25, 0.3) is 10.9 Å². The van der Waals surface area contributed by atoms with E-state index in [0.29, 0.717) is 5.39 Å². The fourth-order valence-corrected chi connectivity index (χ4v) is 1.85. The second-order valence-electron chi connectivity index (χ2n) is 3.47. The smallest absolute Gasteiger partial charge is 0.263 e. The van der Waals surface area contributed by atoms with Gasteiger partial charge in [0.15, 0.2) is 0 Å². The Bertz CT molecular complexity index is 607. The Morgan fingerprint density at radius 3 is 2.88 bits per heavy atom. The highest BCUT2D eigenvalue weighted by molar-refractivity contribution is 6.28. The summed E-state index contributed by atoms with van der Waals surface area (Å²) in [6.07, 6.45) is -0.570. The lowest BCUT2D eigenvalue weighted by atomic mass is 10.2. The third-order valence-electron chi connectivity index (χ3n) is 2.27. The van der Waals surface area contributed by atoms with Gasteiger partial charge >= 0.3 is 0 Å². The van der Waals surface area contributed by atoms with Crippen LogP contribution in [0.4, 0.5) is 0 Å². The molecular weight excluding hydrogens is 230 g/mol. The molecule has 0 radical (unpaired) electrons. The van der Waals surface area contributed by atoms with Crippen LogP contribution in [0.5, 0.6) is 5.75 Å². The van der Waals surface area contributed by atoms with E-state index in [0.717, 1.165) is 0 Å². The first kappa shape index (κ1) is 10.9. The number of aromatic nitrogens is 2. The van der Waals surface area contributed by atoms with Crippen LogP contribution < -0.4 is 11.3 Å². The predicted octanol–water partition coefficient (Wildman–Crippen LogP) is 1.23. The normalized spacial score (nSPS) is 12.9. The summed E-state index contributed by atoms with van der Waals surface area (Å²) in [5.74, 6) is -0.0756. The summed E-state index contributed by atoms with van der Waals surface area (Å²) in [6, 6.07) is 4.58. The molecule has 0 bridgehead atoms. The molecule has 16 heavy (non-hydrogen) atoms. The zero-order valence-electron chi connectivity index (χ0n) is 8.51. The van der Waals surface area contributed by atoms with Gasteiger partial charge in [-0.15, -0.1) is 0 Å². The molecular formula is C10H10ClN3O2. The summed E-state index contributed by atoms with van der Waals surface area (Å²) < 4.78 is 1.17. The van der Waals surface area contributed by atoms with Gasteiger partial charge in [-0.2, -0.15) is 0 Å². The third kappa shape index (κ3) is 1.54. The maximum absolute atomic E-state index is 12.0. The molecule has 1 aromatic heterocycles. The van der Waals surface area contributed by atoms with Gasteiger partial charge in [0.1, 0.15) is 11.3 Å². The SMILES string of the molecule is CC(N)n1c(Cl)nc2c(O)cccc2c1=O. The number of halogens is 1. The molecule has 5 nitrogen and oxygen atoms in total. The van der Waals surface area contributed by atoms with E-state index in [1.165, 1.54) is 10.6 Å². The summed E-state index contributed by atoms with van der Waals surface area (Å²) in [5.41, 5.74) is 5.45. The molecule has 0 aliphatic heterocycles. The Morgan fingerprint density at radius 1 is 1.56 bits per heavy atom. The van der Waals surface area contributed by atoms with E-state index in [-0.39, 0.29) is 22.1 Å². The molecule has 0 amide bonds. The number of fused-ring (bicyclic) bond motifs is 1. The first-order valence-electron chi connectivity index (χ1n) is 4.67. The minimum atomic E-state index is -0.570. The number of phenolic OH excluding ortho intramolecular Hbond substituents is 1. The van der Waals surface area contributed by atoms with E-state index in [1.807, 2.05) is 0 Å². The Labute approximate surface area is 96.1 Å². The summed E-state index contributed by atoms with van der Waals surface area (Å²) in [4.78, 5) is 15.9. The van der Waals surface area contributed by atoms with Crippen molar-refractivity contribution in [2.45, 2.75) is 13.1 Å². The van der Waals surface area contributed by atoms with Gasteiger partial charge in [-0.3, -0.25) is 9.36 Å². The van der Waals surface area contributed by atoms with Crippen LogP contribution in [-0.4, -0.2) is 14.7 Å². The van der Waals surface area contributed by atoms with Crippen LogP contribution in [0.3, 0.4) is 0 Å². The average molecular weight is 240 g/mol.